The fourth-order valence-electron chi connectivity index (χ4n) is 1.58. The van der Waals surface area contributed by atoms with E-state index in [1.54, 1.807) is 24.3 Å². The number of hydrazone groups is 1. The predicted molar refractivity (Wildman–Crippen MR) is 100 cm³/mol. The van der Waals surface area contributed by atoms with E-state index in [9.17, 15) is 9.90 Å². The Hall–Kier alpha value is -0.700. The van der Waals surface area contributed by atoms with Crippen LogP contribution in [0, 0.1) is 0 Å². The molecule has 2 aromatic rings. The van der Waals surface area contributed by atoms with Gasteiger partial charge in [-0.05, 0) is 72.1 Å². The quantitative estimate of drug-likeness (QED) is 0.404. The van der Waals surface area contributed by atoms with Crippen molar-refractivity contribution in [2.24, 2.45) is 5.10 Å². The Morgan fingerprint density at radius 3 is 2.59 bits per heavy atom. The van der Waals surface area contributed by atoms with Gasteiger partial charge in [0.05, 0.1) is 16.3 Å². The maximum Gasteiger partial charge on any atom is 0.272 e. The molecule has 2 N–H and O–H groups in total. The van der Waals surface area contributed by atoms with Crippen molar-refractivity contribution in [2.45, 2.75) is 0 Å². The lowest BCUT2D eigenvalue weighted by molar-refractivity contribution is 0.0954. The van der Waals surface area contributed by atoms with Crippen LogP contribution in [0.5, 0.6) is 5.75 Å². The molecule has 0 aliphatic rings. The molecular formula is C14H8Br4N2O2. The Morgan fingerprint density at radius 1 is 1.14 bits per heavy atom. The lowest BCUT2D eigenvalue weighted by atomic mass is 10.2. The average molecular weight is 556 g/mol. The van der Waals surface area contributed by atoms with Gasteiger partial charge in [-0.1, -0.05) is 22.0 Å². The van der Waals surface area contributed by atoms with Crippen LogP contribution in [-0.4, -0.2) is 17.2 Å². The summed E-state index contributed by atoms with van der Waals surface area (Å²) in [7, 11) is 0. The zero-order chi connectivity index (χ0) is 16.3. The monoisotopic (exact) mass is 552 g/mol. The van der Waals surface area contributed by atoms with Gasteiger partial charge in [-0.15, -0.1) is 0 Å². The molecule has 0 spiro atoms. The topological polar surface area (TPSA) is 61.7 Å². The van der Waals surface area contributed by atoms with Crippen LogP contribution in [0.25, 0.3) is 0 Å². The average Bonchev–Trinajstić information content (AvgIpc) is 2.46. The van der Waals surface area contributed by atoms with E-state index in [4.69, 9.17) is 0 Å². The molecular weight excluding hydrogens is 548 g/mol. The van der Waals surface area contributed by atoms with Gasteiger partial charge in [0.2, 0.25) is 0 Å². The van der Waals surface area contributed by atoms with Gasteiger partial charge in [0, 0.05) is 19.0 Å². The number of carbonyl (C=O) groups is 1. The first-order valence-electron chi connectivity index (χ1n) is 5.85. The van der Waals surface area contributed by atoms with E-state index >= 15 is 0 Å². The second-order valence-corrected chi connectivity index (χ2v) is 7.54. The van der Waals surface area contributed by atoms with Gasteiger partial charge in [0.25, 0.3) is 5.91 Å². The van der Waals surface area contributed by atoms with Crippen molar-refractivity contribution in [1.82, 2.24) is 5.43 Å². The van der Waals surface area contributed by atoms with Crippen LogP contribution in [0.4, 0.5) is 0 Å². The normalized spacial score (nSPS) is 10.9. The Labute approximate surface area is 160 Å². The summed E-state index contributed by atoms with van der Waals surface area (Å²) in [6.45, 7) is 0. The smallest absolute Gasteiger partial charge is 0.272 e. The molecule has 0 heterocycles. The molecule has 114 valence electrons. The molecule has 8 heteroatoms. The Morgan fingerprint density at radius 2 is 1.86 bits per heavy atom. The summed E-state index contributed by atoms with van der Waals surface area (Å²) in [5, 5.41) is 13.8. The molecule has 0 atom stereocenters. The van der Waals surface area contributed by atoms with E-state index in [2.05, 4.69) is 74.2 Å². The Kier molecular flexibility index (Phi) is 6.19. The maximum absolute atomic E-state index is 12.1. The summed E-state index contributed by atoms with van der Waals surface area (Å²) < 4.78 is 2.73. The molecule has 2 aromatic carbocycles. The maximum atomic E-state index is 12.1. The van der Waals surface area contributed by atoms with Gasteiger partial charge >= 0.3 is 0 Å². The minimum absolute atomic E-state index is 0.0461. The van der Waals surface area contributed by atoms with Crippen LogP contribution in [0.15, 0.2) is 53.3 Å². The summed E-state index contributed by atoms with van der Waals surface area (Å²) in [5.41, 5.74) is 3.34. The summed E-state index contributed by atoms with van der Waals surface area (Å²) in [5.74, 6) is -0.317. The van der Waals surface area contributed by atoms with E-state index < -0.39 is 0 Å². The molecule has 0 unspecified atom stereocenters. The van der Waals surface area contributed by atoms with E-state index in [0.29, 0.717) is 20.1 Å². The van der Waals surface area contributed by atoms with Crippen molar-refractivity contribution < 1.29 is 9.90 Å². The number of benzene rings is 2. The SMILES string of the molecule is O=C(NN=Cc1cc(Br)cc(Br)c1O)c1cccc(Br)c1Br. The number of hydrogen-bond donors (Lipinski definition) is 2. The molecule has 0 radical (unpaired) electrons. The number of phenolic OH excluding ortho intramolecular Hbond substituents is 1. The van der Waals surface area contributed by atoms with E-state index in [0.717, 1.165) is 8.95 Å². The van der Waals surface area contributed by atoms with Gasteiger partial charge in [-0.3, -0.25) is 4.79 Å². The molecule has 0 aliphatic carbocycles. The van der Waals surface area contributed by atoms with Gasteiger partial charge in [-0.2, -0.15) is 5.10 Å². The van der Waals surface area contributed by atoms with Gasteiger partial charge in [-0.25, -0.2) is 5.43 Å². The summed E-state index contributed by atoms with van der Waals surface area (Å²) in [6, 6.07) is 8.65. The number of aromatic hydroxyl groups is 1. The lowest BCUT2D eigenvalue weighted by Crippen LogP contribution is -2.18. The molecule has 0 aliphatic heterocycles. The minimum Gasteiger partial charge on any atom is -0.506 e. The number of amides is 1. The number of halogens is 4. The fourth-order valence-corrected chi connectivity index (χ4v) is 3.65. The third-order valence-electron chi connectivity index (χ3n) is 2.62. The van der Waals surface area contributed by atoms with Crippen LogP contribution in [-0.2, 0) is 0 Å². The third-order valence-corrected chi connectivity index (χ3v) is 5.73. The number of hydrogen-bond acceptors (Lipinski definition) is 3. The second-order valence-electron chi connectivity index (χ2n) is 4.13. The highest BCUT2D eigenvalue weighted by Gasteiger charge is 2.11. The van der Waals surface area contributed by atoms with Crippen molar-refractivity contribution in [3.05, 3.63) is 59.3 Å². The molecule has 0 saturated heterocycles. The van der Waals surface area contributed by atoms with Crippen molar-refractivity contribution >= 4 is 75.8 Å². The van der Waals surface area contributed by atoms with Crippen molar-refractivity contribution in [3.63, 3.8) is 0 Å². The van der Waals surface area contributed by atoms with Gasteiger partial charge in [0.1, 0.15) is 5.75 Å². The number of nitrogens with one attached hydrogen (secondary N) is 1. The minimum atomic E-state index is -0.363. The summed E-state index contributed by atoms with van der Waals surface area (Å²) >= 11 is 13.2. The summed E-state index contributed by atoms with van der Waals surface area (Å²) in [6.07, 6.45) is 1.37. The van der Waals surface area contributed by atoms with Crippen LogP contribution in [0.2, 0.25) is 0 Å². The number of phenols is 1. The highest BCUT2D eigenvalue weighted by Crippen LogP contribution is 2.30. The Balaban J connectivity index is 2.16. The van der Waals surface area contributed by atoms with E-state index in [1.807, 2.05) is 6.07 Å². The van der Waals surface area contributed by atoms with E-state index in [-0.39, 0.29) is 11.7 Å². The zero-order valence-electron chi connectivity index (χ0n) is 10.8. The lowest BCUT2D eigenvalue weighted by Gasteiger charge is -2.05. The second kappa shape index (κ2) is 7.72. The first-order valence-corrected chi connectivity index (χ1v) is 9.02. The molecule has 0 fully saturated rings. The fraction of sp³-hybridized carbons (Fsp3) is 0. The number of nitrogens with zero attached hydrogens (tertiary/aromatic N) is 1. The Bertz CT molecular complexity index is 763. The summed E-state index contributed by atoms with van der Waals surface area (Å²) in [4.78, 5) is 12.1. The van der Waals surface area contributed by atoms with E-state index in [1.165, 1.54) is 6.21 Å². The highest BCUT2D eigenvalue weighted by molar-refractivity contribution is 9.13. The van der Waals surface area contributed by atoms with Crippen LogP contribution in [0.3, 0.4) is 0 Å². The largest absolute Gasteiger partial charge is 0.506 e. The number of rotatable bonds is 3. The molecule has 22 heavy (non-hydrogen) atoms. The first-order chi connectivity index (χ1) is 10.4. The van der Waals surface area contributed by atoms with Crippen LogP contribution >= 0.6 is 63.7 Å². The predicted octanol–water partition coefficient (Wildman–Crippen LogP) is 5.21. The van der Waals surface area contributed by atoms with Gasteiger partial charge in [0.15, 0.2) is 0 Å². The van der Waals surface area contributed by atoms with Gasteiger partial charge < -0.3 is 5.11 Å². The standard InChI is InChI=1S/C14H8Br4N2O2/c15-8-4-7(13(21)11(17)5-8)6-19-20-14(22)9-2-1-3-10(16)12(9)18/h1-6,21H,(H,20,22). The molecule has 4 nitrogen and oxygen atoms in total. The molecule has 1 amide bonds. The molecule has 2 rings (SSSR count). The van der Waals surface area contributed by atoms with Crippen molar-refractivity contribution in [1.29, 1.82) is 0 Å². The number of carbonyl (C=O) groups excluding carboxylic acids is 1. The van der Waals surface area contributed by atoms with Crippen LogP contribution < -0.4 is 5.43 Å². The first kappa shape index (κ1) is 17.7. The van der Waals surface area contributed by atoms with Crippen molar-refractivity contribution in [3.8, 4) is 5.75 Å². The molecule has 0 bridgehead atoms. The third kappa shape index (κ3) is 4.18. The van der Waals surface area contributed by atoms with Crippen LogP contribution in [0.1, 0.15) is 15.9 Å². The molecule has 0 saturated carbocycles. The molecule has 0 aromatic heterocycles. The zero-order valence-corrected chi connectivity index (χ0v) is 17.1. The van der Waals surface area contributed by atoms with Crippen molar-refractivity contribution in [2.75, 3.05) is 0 Å². The highest BCUT2D eigenvalue weighted by atomic mass is 79.9.